The second-order valence-electron chi connectivity index (χ2n) is 6.34. The topological polar surface area (TPSA) is 77.0 Å². The van der Waals surface area contributed by atoms with E-state index in [9.17, 15) is 4.79 Å². The number of carbonyl (C=O) groups is 1. The third-order valence-electron chi connectivity index (χ3n) is 4.40. The summed E-state index contributed by atoms with van der Waals surface area (Å²) in [7, 11) is 0. The van der Waals surface area contributed by atoms with Crippen LogP contribution < -0.4 is 5.32 Å². The average Bonchev–Trinajstić information content (AvgIpc) is 3.15. The summed E-state index contributed by atoms with van der Waals surface area (Å²) in [4.78, 5) is 26.0. The maximum atomic E-state index is 12.4. The van der Waals surface area contributed by atoms with Crippen LogP contribution in [-0.2, 0) is 11.2 Å². The molecule has 4 aromatic rings. The molecule has 0 aliphatic heterocycles. The standard InChI is InChI=1S/C22H20N4O2S/c1-3-14-10-11-17-18(12-14)29-22(24-17)26-20-16(21(27)28-4-2)13-23-19(25-20)15-8-6-5-7-9-15/h5-13H,3-4H2,1-2H3,(H,23,24,25,26). The normalized spacial score (nSPS) is 10.8. The zero-order valence-electron chi connectivity index (χ0n) is 16.2. The molecule has 0 bridgehead atoms. The predicted octanol–water partition coefficient (Wildman–Crippen LogP) is 5.24. The van der Waals surface area contributed by atoms with Gasteiger partial charge in [-0.1, -0.05) is 54.7 Å². The molecule has 0 spiro atoms. The molecular weight excluding hydrogens is 384 g/mol. The maximum absolute atomic E-state index is 12.4. The van der Waals surface area contributed by atoms with Crippen LogP contribution in [0.15, 0.2) is 54.7 Å². The molecule has 0 saturated heterocycles. The van der Waals surface area contributed by atoms with Crippen molar-refractivity contribution in [2.75, 3.05) is 11.9 Å². The quantitative estimate of drug-likeness (QED) is 0.443. The number of carbonyl (C=O) groups excluding carboxylic acids is 1. The van der Waals surface area contributed by atoms with Crippen molar-refractivity contribution in [2.45, 2.75) is 20.3 Å². The number of rotatable bonds is 6. The van der Waals surface area contributed by atoms with Gasteiger partial charge >= 0.3 is 5.97 Å². The van der Waals surface area contributed by atoms with E-state index in [4.69, 9.17) is 4.74 Å². The Hall–Kier alpha value is -3.32. The summed E-state index contributed by atoms with van der Waals surface area (Å²) in [5.41, 5.74) is 3.31. The van der Waals surface area contributed by atoms with Crippen LogP contribution in [0.5, 0.6) is 0 Å². The van der Waals surface area contributed by atoms with Gasteiger partial charge in [-0.25, -0.2) is 19.7 Å². The Morgan fingerprint density at radius 2 is 1.93 bits per heavy atom. The first kappa shape index (κ1) is 19.0. The van der Waals surface area contributed by atoms with Crippen LogP contribution in [0.2, 0.25) is 0 Å². The van der Waals surface area contributed by atoms with Crippen LogP contribution in [0, 0.1) is 0 Å². The van der Waals surface area contributed by atoms with Crippen LogP contribution in [0.3, 0.4) is 0 Å². The van der Waals surface area contributed by atoms with Crippen molar-refractivity contribution in [2.24, 2.45) is 0 Å². The Balaban J connectivity index is 1.74. The number of thiazole rings is 1. The van der Waals surface area contributed by atoms with Gasteiger partial charge < -0.3 is 10.1 Å². The highest BCUT2D eigenvalue weighted by Crippen LogP contribution is 2.30. The Morgan fingerprint density at radius 1 is 1.10 bits per heavy atom. The van der Waals surface area contributed by atoms with E-state index in [0.29, 0.717) is 16.8 Å². The molecule has 7 heteroatoms. The van der Waals surface area contributed by atoms with Gasteiger partial charge in [0.05, 0.1) is 16.8 Å². The molecule has 1 N–H and O–H groups in total. The molecule has 2 aromatic heterocycles. The Labute approximate surface area is 172 Å². The smallest absolute Gasteiger partial charge is 0.343 e. The number of esters is 1. The van der Waals surface area contributed by atoms with Crippen LogP contribution in [0.4, 0.5) is 10.9 Å². The number of hydrogen-bond acceptors (Lipinski definition) is 7. The van der Waals surface area contributed by atoms with Gasteiger partial charge in [0.1, 0.15) is 5.56 Å². The van der Waals surface area contributed by atoms with Crippen molar-refractivity contribution < 1.29 is 9.53 Å². The highest BCUT2D eigenvalue weighted by molar-refractivity contribution is 7.22. The number of benzene rings is 2. The van der Waals surface area contributed by atoms with Crippen LogP contribution in [-0.4, -0.2) is 27.5 Å². The summed E-state index contributed by atoms with van der Waals surface area (Å²) in [6.07, 6.45) is 2.47. The highest BCUT2D eigenvalue weighted by Gasteiger charge is 2.18. The fourth-order valence-electron chi connectivity index (χ4n) is 2.91. The van der Waals surface area contributed by atoms with Gasteiger partial charge in [-0.05, 0) is 31.0 Å². The minimum absolute atomic E-state index is 0.277. The summed E-state index contributed by atoms with van der Waals surface area (Å²) in [6.45, 7) is 4.17. The second-order valence-corrected chi connectivity index (χ2v) is 7.37. The molecule has 0 saturated carbocycles. The first-order valence-electron chi connectivity index (χ1n) is 9.44. The largest absolute Gasteiger partial charge is 0.462 e. The van der Waals surface area contributed by atoms with E-state index >= 15 is 0 Å². The number of ether oxygens (including phenoxy) is 1. The maximum Gasteiger partial charge on any atom is 0.343 e. The number of anilines is 2. The summed E-state index contributed by atoms with van der Waals surface area (Å²) < 4.78 is 6.25. The Kier molecular flexibility index (Phi) is 5.48. The molecule has 29 heavy (non-hydrogen) atoms. The molecule has 0 fully saturated rings. The first-order valence-corrected chi connectivity index (χ1v) is 10.3. The molecule has 146 valence electrons. The third-order valence-corrected chi connectivity index (χ3v) is 5.34. The highest BCUT2D eigenvalue weighted by atomic mass is 32.1. The lowest BCUT2D eigenvalue weighted by atomic mass is 10.2. The molecular formula is C22H20N4O2S. The van der Waals surface area contributed by atoms with E-state index in [2.05, 4.69) is 39.3 Å². The van der Waals surface area contributed by atoms with Gasteiger partial charge in [0, 0.05) is 11.8 Å². The number of fused-ring (bicyclic) bond motifs is 1. The lowest BCUT2D eigenvalue weighted by Gasteiger charge is -2.10. The Bertz CT molecular complexity index is 1160. The van der Waals surface area contributed by atoms with Crippen molar-refractivity contribution in [1.29, 1.82) is 0 Å². The van der Waals surface area contributed by atoms with Gasteiger partial charge in [0.15, 0.2) is 16.8 Å². The fourth-order valence-corrected chi connectivity index (χ4v) is 3.83. The van der Waals surface area contributed by atoms with Crippen LogP contribution >= 0.6 is 11.3 Å². The molecule has 2 aromatic carbocycles. The van der Waals surface area contributed by atoms with E-state index in [0.717, 1.165) is 22.2 Å². The summed E-state index contributed by atoms with van der Waals surface area (Å²) in [5, 5.41) is 3.87. The molecule has 6 nitrogen and oxygen atoms in total. The molecule has 0 radical (unpaired) electrons. The number of nitrogens with zero attached hydrogens (tertiary/aromatic N) is 3. The number of hydrogen-bond donors (Lipinski definition) is 1. The number of aryl methyl sites for hydroxylation is 1. The van der Waals surface area contributed by atoms with Crippen molar-refractivity contribution in [3.05, 3.63) is 65.9 Å². The van der Waals surface area contributed by atoms with Crippen LogP contribution in [0.25, 0.3) is 21.6 Å². The molecule has 0 atom stereocenters. The van der Waals surface area contributed by atoms with Gasteiger partial charge in [0.25, 0.3) is 0 Å². The zero-order chi connectivity index (χ0) is 20.2. The molecule has 2 heterocycles. The van der Waals surface area contributed by atoms with E-state index < -0.39 is 5.97 Å². The van der Waals surface area contributed by atoms with E-state index in [1.54, 1.807) is 6.92 Å². The third kappa shape index (κ3) is 4.09. The Morgan fingerprint density at radius 3 is 2.69 bits per heavy atom. The van der Waals surface area contributed by atoms with Crippen LogP contribution in [0.1, 0.15) is 29.8 Å². The molecule has 0 aliphatic carbocycles. The van der Waals surface area contributed by atoms with E-state index in [1.807, 2.05) is 36.4 Å². The molecule has 0 amide bonds. The zero-order valence-corrected chi connectivity index (χ0v) is 17.0. The number of aromatic nitrogens is 3. The summed E-state index contributed by atoms with van der Waals surface area (Å²) in [5.74, 6) is 0.437. The first-order chi connectivity index (χ1) is 14.2. The van der Waals surface area contributed by atoms with Gasteiger partial charge in [-0.2, -0.15) is 0 Å². The lowest BCUT2D eigenvalue weighted by Crippen LogP contribution is -2.11. The monoisotopic (exact) mass is 404 g/mol. The fraction of sp³-hybridized carbons (Fsp3) is 0.182. The lowest BCUT2D eigenvalue weighted by molar-refractivity contribution is 0.0526. The molecule has 0 unspecified atom stereocenters. The molecule has 0 aliphatic rings. The summed E-state index contributed by atoms with van der Waals surface area (Å²) in [6, 6.07) is 15.8. The minimum Gasteiger partial charge on any atom is -0.462 e. The summed E-state index contributed by atoms with van der Waals surface area (Å²) >= 11 is 1.52. The number of nitrogens with one attached hydrogen (secondary N) is 1. The van der Waals surface area contributed by atoms with Crippen molar-refractivity contribution in [1.82, 2.24) is 15.0 Å². The van der Waals surface area contributed by atoms with E-state index in [-0.39, 0.29) is 12.2 Å². The molecule has 4 rings (SSSR count). The average molecular weight is 404 g/mol. The SMILES string of the molecule is CCOC(=O)c1cnc(-c2ccccc2)nc1Nc1nc2ccc(CC)cc2s1. The van der Waals surface area contributed by atoms with Crippen molar-refractivity contribution >= 4 is 38.5 Å². The van der Waals surface area contributed by atoms with Crippen molar-refractivity contribution in [3.8, 4) is 11.4 Å². The minimum atomic E-state index is -0.469. The van der Waals surface area contributed by atoms with Gasteiger partial charge in [-0.3, -0.25) is 0 Å². The van der Waals surface area contributed by atoms with Gasteiger partial charge in [0.2, 0.25) is 0 Å². The second kappa shape index (κ2) is 8.36. The van der Waals surface area contributed by atoms with Gasteiger partial charge in [-0.15, -0.1) is 0 Å². The van der Waals surface area contributed by atoms with Crippen molar-refractivity contribution in [3.63, 3.8) is 0 Å². The predicted molar refractivity (Wildman–Crippen MR) is 116 cm³/mol. The van der Waals surface area contributed by atoms with E-state index in [1.165, 1.54) is 23.1 Å².